The highest BCUT2D eigenvalue weighted by Crippen LogP contribution is 2.32. The van der Waals surface area contributed by atoms with Crippen LogP contribution >= 0.6 is 34.5 Å². The van der Waals surface area contributed by atoms with Crippen LogP contribution in [0, 0.1) is 6.92 Å². The van der Waals surface area contributed by atoms with Crippen LogP contribution in [-0.4, -0.2) is 6.54 Å². The standard InChI is InChI=1S/C15H17Cl2NS/c1-3-8-18-15(13-6-7-14(17)19-13)11-5-4-10(2)12(16)9-11/h4-7,9,15,18H,3,8H2,1-2H3. The summed E-state index contributed by atoms with van der Waals surface area (Å²) in [7, 11) is 0. The maximum Gasteiger partial charge on any atom is 0.0931 e. The molecule has 1 N–H and O–H groups in total. The van der Waals surface area contributed by atoms with E-state index in [0.29, 0.717) is 0 Å². The van der Waals surface area contributed by atoms with E-state index in [9.17, 15) is 0 Å². The Morgan fingerprint density at radius 2 is 2.00 bits per heavy atom. The van der Waals surface area contributed by atoms with Crippen LogP contribution in [0.25, 0.3) is 0 Å². The molecule has 2 aromatic rings. The predicted molar refractivity (Wildman–Crippen MR) is 85.7 cm³/mol. The zero-order valence-electron chi connectivity index (χ0n) is 11.0. The quantitative estimate of drug-likeness (QED) is 0.773. The Morgan fingerprint density at radius 3 is 2.58 bits per heavy atom. The lowest BCUT2D eigenvalue weighted by Gasteiger charge is -2.18. The van der Waals surface area contributed by atoms with Crippen molar-refractivity contribution >= 4 is 34.5 Å². The average Bonchev–Trinajstić information content (AvgIpc) is 2.80. The van der Waals surface area contributed by atoms with E-state index in [1.165, 1.54) is 10.4 Å². The molecule has 0 spiro atoms. The van der Waals surface area contributed by atoms with Crippen molar-refractivity contribution in [2.75, 3.05) is 6.54 Å². The number of nitrogens with one attached hydrogen (secondary N) is 1. The summed E-state index contributed by atoms with van der Waals surface area (Å²) in [6.45, 7) is 5.14. The lowest BCUT2D eigenvalue weighted by Crippen LogP contribution is -2.22. The number of halogens is 2. The highest BCUT2D eigenvalue weighted by atomic mass is 35.5. The van der Waals surface area contributed by atoms with E-state index in [1.54, 1.807) is 11.3 Å². The van der Waals surface area contributed by atoms with Crippen molar-refractivity contribution < 1.29 is 0 Å². The third-order valence-electron chi connectivity index (χ3n) is 3.01. The van der Waals surface area contributed by atoms with Crippen LogP contribution in [0.3, 0.4) is 0 Å². The van der Waals surface area contributed by atoms with Crippen LogP contribution in [-0.2, 0) is 0 Å². The fourth-order valence-electron chi connectivity index (χ4n) is 1.94. The number of hydrogen-bond donors (Lipinski definition) is 1. The molecule has 1 aromatic heterocycles. The third-order valence-corrected chi connectivity index (χ3v) is 4.71. The van der Waals surface area contributed by atoms with Crippen LogP contribution < -0.4 is 5.32 Å². The van der Waals surface area contributed by atoms with Gasteiger partial charge in [-0.1, -0.05) is 42.3 Å². The third kappa shape index (κ3) is 3.73. The molecular weight excluding hydrogens is 297 g/mol. The van der Waals surface area contributed by atoms with Gasteiger partial charge in [-0.15, -0.1) is 11.3 Å². The molecular formula is C15H17Cl2NS. The molecule has 1 atom stereocenters. The molecule has 0 saturated carbocycles. The van der Waals surface area contributed by atoms with Gasteiger partial charge in [0.05, 0.1) is 10.4 Å². The van der Waals surface area contributed by atoms with Gasteiger partial charge in [-0.25, -0.2) is 0 Å². The predicted octanol–water partition coefficient (Wildman–Crippen LogP) is 5.45. The second-order valence-corrected chi connectivity index (χ2v) is 6.69. The minimum Gasteiger partial charge on any atom is -0.306 e. The van der Waals surface area contributed by atoms with Gasteiger partial charge in [0.15, 0.2) is 0 Å². The van der Waals surface area contributed by atoms with Crippen molar-refractivity contribution in [1.29, 1.82) is 0 Å². The first kappa shape index (κ1) is 14.9. The van der Waals surface area contributed by atoms with Gasteiger partial charge in [0.2, 0.25) is 0 Å². The highest BCUT2D eigenvalue weighted by Gasteiger charge is 2.16. The first-order valence-corrected chi connectivity index (χ1v) is 7.93. The van der Waals surface area contributed by atoms with Crippen molar-refractivity contribution in [3.05, 3.63) is 55.7 Å². The summed E-state index contributed by atoms with van der Waals surface area (Å²) in [5.74, 6) is 0. The lowest BCUT2D eigenvalue weighted by atomic mass is 10.0. The monoisotopic (exact) mass is 313 g/mol. The number of hydrogen-bond acceptors (Lipinski definition) is 2. The molecule has 102 valence electrons. The van der Waals surface area contributed by atoms with Crippen LogP contribution in [0.1, 0.15) is 35.4 Å². The van der Waals surface area contributed by atoms with Crippen molar-refractivity contribution in [3.63, 3.8) is 0 Å². The van der Waals surface area contributed by atoms with Crippen molar-refractivity contribution in [1.82, 2.24) is 5.32 Å². The second kappa shape index (κ2) is 6.76. The summed E-state index contributed by atoms with van der Waals surface area (Å²) >= 11 is 13.9. The SMILES string of the molecule is CCCNC(c1ccc(C)c(Cl)c1)c1ccc(Cl)s1. The van der Waals surface area contributed by atoms with E-state index >= 15 is 0 Å². The summed E-state index contributed by atoms with van der Waals surface area (Å²) < 4.78 is 0.816. The Hall–Kier alpha value is -0.540. The van der Waals surface area contributed by atoms with Gasteiger partial charge in [0.1, 0.15) is 0 Å². The normalized spacial score (nSPS) is 12.6. The van der Waals surface area contributed by atoms with Gasteiger partial charge in [-0.3, -0.25) is 0 Å². The Morgan fingerprint density at radius 1 is 1.21 bits per heavy atom. The molecule has 1 nitrogen and oxygen atoms in total. The molecule has 1 heterocycles. The molecule has 0 fully saturated rings. The van der Waals surface area contributed by atoms with Crippen molar-refractivity contribution in [2.45, 2.75) is 26.3 Å². The average molecular weight is 314 g/mol. The number of thiophene rings is 1. The van der Waals surface area contributed by atoms with Gasteiger partial charge < -0.3 is 5.32 Å². The number of rotatable bonds is 5. The molecule has 4 heteroatoms. The Bertz CT molecular complexity index is 551. The zero-order chi connectivity index (χ0) is 13.8. The van der Waals surface area contributed by atoms with Gasteiger partial charge >= 0.3 is 0 Å². The molecule has 0 aliphatic rings. The first-order chi connectivity index (χ1) is 9.11. The summed E-state index contributed by atoms with van der Waals surface area (Å²) in [5, 5.41) is 4.36. The van der Waals surface area contributed by atoms with E-state index in [-0.39, 0.29) is 6.04 Å². The molecule has 0 radical (unpaired) electrons. The molecule has 0 aliphatic carbocycles. The molecule has 1 unspecified atom stereocenters. The van der Waals surface area contributed by atoms with Crippen LogP contribution in [0.5, 0.6) is 0 Å². The molecule has 0 aliphatic heterocycles. The molecule has 0 amide bonds. The first-order valence-electron chi connectivity index (χ1n) is 6.36. The Balaban J connectivity index is 2.33. The van der Waals surface area contributed by atoms with Gasteiger partial charge in [0.25, 0.3) is 0 Å². The zero-order valence-corrected chi connectivity index (χ0v) is 13.4. The maximum atomic E-state index is 6.23. The highest BCUT2D eigenvalue weighted by molar-refractivity contribution is 7.16. The fraction of sp³-hybridized carbons (Fsp3) is 0.333. The summed E-state index contributed by atoms with van der Waals surface area (Å²) in [6, 6.07) is 10.4. The molecule has 19 heavy (non-hydrogen) atoms. The van der Waals surface area contributed by atoms with Gasteiger partial charge in [0, 0.05) is 9.90 Å². The van der Waals surface area contributed by atoms with Crippen LogP contribution in [0.15, 0.2) is 30.3 Å². The molecule has 0 bridgehead atoms. The van der Waals surface area contributed by atoms with E-state index < -0.39 is 0 Å². The van der Waals surface area contributed by atoms with Crippen molar-refractivity contribution in [3.8, 4) is 0 Å². The van der Waals surface area contributed by atoms with E-state index in [2.05, 4.69) is 30.4 Å². The molecule has 0 saturated heterocycles. The maximum absolute atomic E-state index is 6.23. The van der Waals surface area contributed by atoms with Gasteiger partial charge in [-0.05, 0) is 49.2 Å². The fourth-order valence-corrected chi connectivity index (χ4v) is 3.30. The summed E-state index contributed by atoms with van der Waals surface area (Å²) in [4.78, 5) is 1.22. The topological polar surface area (TPSA) is 12.0 Å². The smallest absolute Gasteiger partial charge is 0.0931 e. The Labute approximate surface area is 128 Å². The van der Waals surface area contributed by atoms with Crippen molar-refractivity contribution in [2.24, 2.45) is 0 Å². The number of aryl methyl sites for hydroxylation is 1. The lowest BCUT2D eigenvalue weighted by molar-refractivity contribution is 0.606. The number of benzene rings is 1. The van der Waals surface area contributed by atoms with E-state index in [0.717, 1.165) is 27.9 Å². The minimum atomic E-state index is 0.163. The van der Waals surface area contributed by atoms with E-state index in [1.807, 2.05) is 19.1 Å². The summed E-state index contributed by atoms with van der Waals surface area (Å²) in [5.41, 5.74) is 2.28. The van der Waals surface area contributed by atoms with E-state index in [4.69, 9.17) is 23.2 Å². The Kier molecular flexibility index (Phi) is 5.28. The molecule has 2 rings (SSSR count). The van der Waals surface area contributed by atoms with Gasteiger partial charge in [-0.2, -0.15) is 0 Å². The summed E-state index contributed by atoms with van der Waals surface area (Å²) in [6.07, 6.45) is 1.09. The largest absolute Gasteiger partial charge is 0.306 e. The second-order valence-electron chi connectivity index (χ2n) is 4.54. The molecule has 1 aromatic carbocycles. The van der Waals surface area contributed by atoms with Crippen LogP contribution in [0.4, 0.5) is 0 Å². The minimum absolute atomic E-state index is 0.163. The van der Waals surface area contributed by atoms with Crippen LogP contribution in [0.2, 0.25) is 9.36 Å².